The Morgan fingerprint density at radius 1 is 1.12 bits per heavy atom. The highest BCUT2D eigenvalue weighted by molar-refractivity contribution is 5.91. The Bertz CT molecular complexity index is 746. The van der Waals surface area contributed by atoms with Crippen LogP contribution in [-0.4, -0.2) is 53.0 Å². The van der Waals surface area contributed by atoms with E-state index in [1.54, 1.807) is 4.90 Å². The molecular formula is C18H24N4O2. The summed E-state index contributed by atoms with van der Waals surface area (Å²) in [7, 11) is 0. The average Bonchev–Trinajstić information content (AvgIpc) is 2.53. The molecule has 1 aliphatic heterocycles. The van der Waals surface area contributed by atoms with Crippen LogP contribution in [0.3, 0.4) is 0 Å². The lowest BCUT2D eigenvalue weighted by Crippen LogP contribution is -2.50. The number of aromatic nitrogens is 2. The van der Waals surface area contributed by atoms with Crippen molar-refractivity contribution in [1.29, 1.82) is 0 Å². The van der Waals surface area contributed by atoms with Crippen molar-refractivity contribution in [2.75, 3.05) is 31.1 Å². The van der Waals surface area contributed by atoms with E-state index >= 15 is 0 Å². The summed E-state index contributed by atoms with van der Waals surface area (Å²) in [6.07, 6.45) is -0.234. The smallest absolute Gasteiger partial charge is 0.410 e. The van der Waals surface area contributed by atoms with Crippen LogP contribution in [0.5, 0.6) is 0 Å². The second-order valence-corrected chi connectivity index (χ2v) is 7.15. The van der Waals surface area contributed by atoms with E-state index in [4.69, 9.17) is 4.74 Å². The Kier molecular flexibility index (Phi) is 4.30. The molecular weight excluding hydrogens is 304 g/mol. The minimum atomic E-state index is -0.458. The molecule has 1 amide bonds. The maximum atomic E-state index is 12.2. The van der Waals surface area contributed by atoms with Crippen LogP contribution in [0.25, 0.3) is 10.9 Å². The van der Waals surface area contributed by atoms with E-state index in [-0.39, 0.29) is 6.09 Å². The topological polar surface area (TPSA) is 58.6 Å². The van der Waals surface area contributed by atoms with Gasteiger partial charge in [-0.3, -0.25) is 0 Å². The highest BCUT2D eigenvalue weighted by atomic mass is 16.6. The van der Waals surface area contributed by atoms with Gasteiger partial charge in [0.25, 0.3) is 0 Å². The van der Waals surface area contributed by atoms with E-state index in [9.17, 15) is 4.79 Å². The van der Waals surface area contributed by atoms with Gasteiger partial charge in [0, 0.05) is 37.3 Å². The quantitative estimate of drug-likeness (QED) is 0.805. The van der Waals surface area contributed by atoms with Gasteiger partial charge in [0.05, 0.1) is 11.2 Å². The molecule has 24 heavy (non-hydrogen) atoms. The predicted octanol–water partition coefficient (Wildman–Crippen LogP) is 3.00. The minimum Gasteiger partial charge on any atom is -0.444 e. The number of carbonyl (C=O) groups excluding carboxylic acids is 1. The predicted molar refractivity (Wildman–Crippen MR) is 94.3 cm³/mol. The number of benzene rings is 1. The number of rotatable bonds is 1. The maximum absolute atomic E-state index is 12.2. The van der Waals surface area contributed by atoms with E-state index < -0.39 is 5.60 Å². The minimum absolute atomic E-state index is 0.234. The summed E-state index contributed by atoms with van der Waals surface area (Å²) in [6.45, 7) is 10.5. The first-order valence-electron chi connectivity index (χ1n) is 8.29. The molecule has 2 aromatic rings. The van der Waals surface area contributed by atoms with Crippen LogP contribution in [0.1, 0.15) is 26.5 Å². The largest absolute Gasteiger partial charge is 0.444 e. The van der Waals surface area contributed by atoms with Crippen molar-refractivity contribution in [3.8, 4) is 0 Å². The second kappa shape index (κ2) is 6.26. The first-order chi connectivity index (χ1) is 11.3. The fourth-order valence-corrected chi connectivity index (χ4v) is 2.88. The molecule has 3 rings (SSSR count). The molecule has 0 N–H and O–H groups in total. The van der Waals surface area contributed by atoms with Gasteiger partial charge in [-0.25, -0.2) is 4.79 Å². The standard InChI is InChI=1S/C18H24N4O2/c1-13-12-14-15(20-19-13)6-5-7-16(14)21-8-10-22(11-9-21)17(23)24-18(2,3)4/h5-7,12H,8-11H2,1-4H3. The fraction of sp³-hybridized carbons (Fsp3) is 0.500. The summed E-state index contributed by atoms with van der Waals surface area (Å²) >= 11 is 0. The molecule has 0 radical (unpaired) electrons. The van der Waals surface area contributed by atoms with Crippen LogP contribution in [0.15, 0.2) is 24.3 Å². The lowest BCUT2D eigenvalue weighted by atomic mass is 10.1. The number of ether oxygens (including phenoxy) is 1. The number of aryl methyl sites for hydroxylation is 1. The van der Waals surface area contributed by atoms with Crippen molar-refractivity contribution in [1.82, 2.24) is 15.1 Å². The molecule has 2 heterocycles. The number of carbonyl (C=O) groups is 1. The summed E-state index contributed by atoms with van der Waals surface area (Å²) < 4.78 is 5.45. The molecule has 6 nitrogen and oxygen atoms in total. The summed E-state index contributed by atoms with van der Waals surface area (Å²) in [5.74, 6) is 0. The normalized spacial score (nSPS) is 15.7. The molecule has 1 aliphatic rings. The van der Waals surface area contributed by atoms with Crippen LogP contribution in [-0.2, 0) is 4.74 Å². The number of anilines is 1. The Balaban J connectivity index is 1.73. The molecule has 0 saturated carbocycles. The van der Waals surface area contributed by atoms with Crippen molar-refractivity contribution < 1.29 is 9.53 Å². The third-order valence-electron chi connectivity index (χ3n) is 4.00. The number of piperazine rings is 1. The van der Waals surface area contributed by atoms with E-state index in [2.05, 4.69) is 27.2 Å². The van der Waals surface area contributed by atoms with Gasteiger partial charge in [0.2, 0.25) is 0 Å². The Morgan fingerprint density at radius 3 is 2.50 bits per heavy atom. The third kappa shape index (κ3) is 3.58. The average molecular weight is 328 g/mol. The molecule has 128 valence electrons. The van der Waals surface area contributed by atoms with Crippen LogP contribution in [0.4, 0.5) is 10.5 Å². The molecule has 0 bridgehead atoms. The molecule has 6 heteroatoms. The zero-order valence-electron chi connectivity index (χ0n) is 14.7. The summed E-state index contributed by atoms with van der Waals surface area (Å²) in [5.41, 5.74) is 2.49. The third-order valence-corrected chi connectivity index (χ3v) is 4.00. The lowest BCUT2D eigenvalue weighted by Gasteiger charge is -2.37. The highest BCUT2D eigenvalue weighted by Crippen LogP contribution is 2.27. The van der Waals surface area contributed by atoms with Gasteiger partial charge in [-0.1, -0.05) is 6.07 Å². The Hall–Kier alpha value is -2.37. The van der Waals surface area contributed by atoms with Gasteiger partial charge in [0.15, 0.2) is 0 Å². The zero-order chi connectivity index (χ0) is 17.3. The second-order valence-electron chi connectivity index (χ2n) is 7.15. The Morgan fingerprint density at radius 2 is 1.83 bits per heavy atom. The highest BCUT2D eigenvalue weighted by Gasteiger charge is 2.26. The molecule has 0 aliphatic carbocycles. The maximum Gasteiger partial charge on any atom is 0.410 e. The SMILES string of the molecule is Cc1cc2c(N3CCN(C(=O)OC(C)(C)C)CC3)cccc2nn1. The molecule has 0 atom stereocenters. The molecule has 1 fully saturated rings. The molecule has 0 unspecified atom stereocenters. The summed E-state index contributed by atoms with van der Waals surface area (Å²) in [4.78, 5) is 16.3. The van der Waals surface area contributed by atoms with Gasteiger partial charge in [-0.05, 0) is 45.9 Å². The van der Waals surface area contributed by atoms with Crippen LogP contribution in [0, 0.1) is 6.92 Å². The van der Waals surface area contributed by atoms with E-state index in [0.29, 0.717) is 13.1 Å². The zero-order valence-corrected chi connectivity index (χ0v) is 14.7. The van der Waals surface area contributed by atoms with Crippen molar-refractivity contribution in [2.24, 2.45) is 0 Å². The van der Waals surface area contributed by atoms with Gasteiger partial charge in [-0.15, -0.1) is 0 Å². The molecule has 1 aromatic carbocycles. The van der Waals surface area contributed by atoms with Crippen molar-refractivity contribution >= 4 is 22.7 Å². The molecule has 1 aromatic heterocycles. The van der Waals surface area contributed by atoms with Crippen LogP contribution >= 0.6 is 0 Å². The molecule has 1 saturated heterocycles. The van der Waals surface area contributed by atoms with Gasteiger partial charge < -0.3 is 14.5 Å². The van der Waals surface area contributed by atoms with Gasteiger partial charge in [0.1, 0.15) is 5.60 Å². The number of nitrogens with zero attached hydrogens (tertiary/aromatic N) is 4. The molecule has 0 spiro atoms. The lowest BCUT2D eigenvalue weighted by molar-refractivity contribution is 0.0241. The monoisotopic (exact) mass is 328 g/mol. The van der Waals surface area contributed by atoms with Crippen LogP contribution in [0.2, 0.25) is 0 Å². The number of hydrogen-bond donors (Lipinski definition) is 0. The first kappa shape index (κ1) is 16.5. The van der Waals surface area contributed by atoms with E-state index in [0.717, 1.165) is 35.4 Å². The van der Waals surface area contributed by atoms with E-state index in [1.165, 1.54) is 0 Å². The van der Waals surface area contributed by atoms with Crippen molar-refractivity contribution in [3.63, 3.8) is 0 Å². The first-order valence-corrected chi connectivity index (χ1v) is 8.29. The number of hydrogen-bond acceptors (Lipinski definition) is 5. The summed E-state index contributed by atoms with van der Waals surface area (Å²) in [6, 6.07) is 8.15. The number of fused-ring (bicyclic) bond motifs is 1. The van der Waals surface area contributed by atoms with Crippen molar-refractivity contribution in [3.05, 3.63) is 30.0 Å². The van der Waals surface area contributed by atoms with Gasteiger partial charge >= 0.3 is 6.09 Å². The fourth-order valence-electron chi connectivity index (χ4n) is 2.88. The van der Waals surface area contributed by atoms with Crippen molar-refractivity contribution in [2.45, 2.75) is 33.3 Å². The van der Waals surface area contributed by atoms with Crippen LogP contribution < -0.4 is 4.90 Å². The Labute approximate surface area is 142 Å². The number of amides is 1. The van der Waals surface area contributed by atoms with E-state index in [1.807, 2.05) is 39.8 Å². The summed E-state index contributed by atoms with van der Waals surface area (Å²) in [5, 5.41) is 9.49. The van der Waals surface area contributed by atoms with Gasteiger partial charge in [-0.2, -0.15) is 10.2 Å².